The Morgan fingerprint density at radius 3 is 2.50 bits per heavy atom. The fourth-order valence-electron chi connectivity index (χ4n) is 11.4. The van der Waals surface area contributed by atoms with E-state index in [2.05, 4.69) is 60.2 Å². The number of benzene rings is 2. The second-order valence-corrected chi connectivity index (χ2v) is 20.0. The minimum absolute atomic E-state index is 0.0345. The van der Waals surface area contributed by atoms with Crippen LogP contribution in [0, 0.1) is 5.82 Å². The number of unbranched alkanes of at least 4 members (excludes halogenated alkanes) is 1. The summed E-state index contributed by atoms with van der Waals surface area (Å²) < 4.78 is 47.2. The standard InChI is InChI=1S/C52H68F3N15O2/c1-56-52(72)68-21-14-45-44(33-68)51(69-18-6-8-36-26-42(37-30-60-63(2)31-37)43(50(54)55)28-46(36)69)62-70(45)40-12-19-65(20-13-40)34-49(71)57-15-3-4-16-64-22-24-66(25-23-64)48-29-47(58-35-59-48)61-39-10-7-17-67(32-39)41-11-5-9-38(53)27-41/h5,9,11,26-31,35,39-40,50H,3-4,6-8,10,12-25,32-34H2,1-2H3,(H,56,72)(H,57,71)(H,58,59,61)/t39-/m1/s1. The van der Waals surface area contributed by atoms with E-state index in [0.717, 1.165) is 156 Å². The summed E-state index contributed by atoms with van der Waals surface area (Å²) in [5.41, 5.74) is 5.83. The number of urea groups is 1. The molecule has 0 radical (unpaired) electrons. The Hall–Kier alpha value is -6.41. The van der Waals surface area contributed by atoms with Crippen LogP contribution < -0.4 is 30.7 Å². The first-order valence-electron chi connectivity index (χ1n) is 25.9. The van der Waals surface area contributed by atoms with Gasteiger partial charge in [-0.15, -0.1) is 0 Å². The van der Waals surface area contributed by atoms with Crippen molar-refractivity contribution in [3.05, 3.63) is 89.4 Å². The van der Waals surface area contributed by atoms with Gasteiger partial charge in [0, 0.05) is 145 Å². The number of rotatable bonds is 15. The van der Waals surface area contributed by atoms with Gasteiger partial charge >= 0.3 is 6.03 Å². The molecule has 0 spiro atoms. The number of piperazine rings is 1. The van der Waals surface area contributed by atoms with Crippen molar-refractivity contribution in [1.29, 1.82) is 0 Å². The molecule has 384 valence electrons. The summed E-state index contributed by atoms with van der Waals surface area (Å²) in [6.45, 7) is 10.4. The number of amides is 3. The molecule has 2 aromatic carbocycles. The molecule has 1 atom stereocenters. The molecule has 5 aliphatic rings. The number of anilines is 5. The van der Waals surface area contributed by atoms with Crippen LogP contribution in [0.3, 0.4) is 0 Å². The Bertz CT molecular complexity index is 2680. The molecule has 3 amide bonds. The third kappa shape index (κ3) is 11.1. The summed E-state index contributed by atoms with van der Waals surface area (Å²) in [5.74, 6) is 2.29. The largest absolute Gasteiger partial charge is 0.369 e. The number of hydrogen-bond donors (Lipinski definition) is 3. The van der Waals surface area contributed by atoms with Gasteiger partial charge in [0.2, 0.25) is 5.91 Å². The molecular weight excluding hydrogens is 924 g/mol. The van der Waals surface area contributed by atoms with E-state index in [9.17, 15) is 22.8 Å². The molecule has 5 aromatic rings. The fraction of sp³-hybridized carbons (Fsp3) is 0.538. The molecule has 3 aromatic heterocycles. The first-order chi connectivity index (χ1) is 35.1. The van der Waals surface area contributed by atoms with Gasteiger partial charge in [-0.25, -0.2) is 27.9 Å². The lowest BCUT2D eigenvalue weighted by molar-refractivity contribution is -0.122. The number of piperidine rings is 2. The Morgan fingerprint density at radius 1 is 0.875 bits per heavy atom. The predicted octanol–water partition coefficient (Wildman–Crippen LogP) is 6.37. The van der Waals surface area contributed by atoms with Crippen molar-refractivity contribution >= 4 is 40.8 Å². The molecule has 5 aliphatic heterocycles. The first kappa shape index (κ1) is 49.2. The molecular formula is C52H68F3N15O2. The van der Waals surface area contributed by atoms with E-state index in [4.69, 9.17) is 5.10 Å². The van der Waals surface area contributed by atoms with E-state index in [0.29, 0.717) is 50.3 Å². The van der Waals surface area contributed by atoms with Crippen molar-refractivity contribution in [2.75, 3.05) is 112 Å². The highest BCUT2D eigenvalue weighted by Gasteiger charge is 2.35. The molecule has 20 heteroatoms. The minimum atomic E-state index is -2.68. The minimum Gasteiger partial charge on any atom is -0.369 e. The van der Waals surface area contributed by atoms with Crippen molar-refractivity contribution in [2.45, 2.75) is 82.8 Å². The topological polar surface area (TPSA) is 151 Å². The zero-order valence-corrected chi connectivity index (χ0v) is 41.6. The van der Waals surface area contributed by atoms with Gasteiger partial charge < -0.3 is 35.6 Å². The molecule has 0 aliphatic carbocycles. The lowest BCUT2D eigenvalue weighted by Crippen LogP contribution is -2.47. The van der Waals surface area contributed by atoms with Crippen molar-refractivity contribution in [3.8, 4) is 11.1 Å². The second kappa shape index (κ2) is 22.1. The summed E-state index contributed by atoms with van der Waals surface area (Å²) in [5, 5.41) is 19.1. The average Bonchev–Trinajstić information content (AvgIpc) is 4.01. The molecule has 3 fully saturated rings. The van der Waals surface area contributed by atoms with Gasteiger partial charge in [0.25, 0.3) is 6.43 Å². The van der Waals surface area contributed by atoms with Gasteiger partial charge in [-0.3, -0.25) is 24.0 Å². The first-order valence-corrected chi connectivity index (χ1v) is 25.9. The van der Waals surface area contributed by atoms with Crippen LogP contribution in [0.25, 0.3) is 11.1 Å². The second-order valence-electron chi connectivity index (χ2n) is 20.0. The smallest absolute Gasteiger partial charge is 0.317 e. The highest BCUT2D eigenvalue weighted by Crippen LogP contribution is 2.44. The molecule has 0 saturated carbocycles. The van der Waals surface area contributed by atoms with Crippen LogP contribution in [0.2, 0.25) is 0 Å². The Balaban J connectivity index is 0.680. The van der Waals surface area contributed by atoms with Crippen LogP contribution in [0.4, 0.5) is 46.8 Å². The monoisotopic (exact) mass is 992 g/mol. The maximum Gasteiger partial charge on any atom is 0.317 e. The molecule has 0 unspecified atom stereocenters. The van der Waals surface area contributed by atoms with Gasteiger partial charge in [0.05, 0.1) is 25.3 Å². The molecule has 3 saturated heterocycles. The van der Waals surface area contributed by atoms with Crippen LogP contribution in [0.1, 0.15) is 79.8 Å². The van der Waals surface area contributed by atoms with E-state index in [-0.39, 0.29) is 35.4 Å². The summed E-state index contributed by atoms with van der Waals surface area (Å²) in [7, 11) is 3.41. The third-order valence-corrected chi connectivity index (χ3v) is 15.2. The lowest BCUT2D eigenvalue weighted by atomic mass is 9.92. The molecule has 17 nitrogen and oxygen atoms in total. The number of nitrogens with zero attached hydrogens (tertiary/aromatic N) is 12. The van der Waals surface area contributed by atoms with E-state index < -0.39 is 6.43 Å². The van der Waals surface area contributed by atoms with Crippen LogP contribution in [0.15, 0.2) is 61.2 Å². The van der Waals surface area contributed by atoms with E-state index >= 15 is 0 Å². The summed E-state index contributed by atoms with van der Waals surface area (Å²) >= 11 is 0. The maximum atomic E-state index is 14.8. The number of halogens is 3. The number of nitrogens with one attached hydrogen (secondary N) is 3. The number of likely N-dealkylation sites (tertiary alicyclic amines) is 1. The number of fused-ring (bicyclic) bond motifs is 2. The summed E-state index contributed by atoms with van der Waals surface area (Å²) in [4.78, 5) is 48.4. The van der Waals surface area contributed by atoms with Gasteiger partial charge in [0.15, 0.2) is 5.82 Å². The quantitative estimate of drug-likeness (QED) is 0.100. The predicted molar refractivity (Wildman–Crippen MR) is 273 cm³/mol. The van der Waals surface area contributed by atoms with E-state index in [1.807, 2.05) is 18.2 Å². The summed E-state index contributed by atoms with van der Waals surface area (Å²) in [6.07, 6.45) is 10.2. The summed E-state index contributed by atoms with van der Waals surface area (Å²) in [6, 6.07) is 12.6. The maximum absolute atomic E-state index is 14.8. The van der Waals surface area contributed by atoms with Crippen molar-refractivity contribution < 1.29 is 22.8 Å². The highest BCUT2D eigenvalue weighted by molar-refractivity contribution is 5.79. The number of aryl methyl sites for hydroxylation is 2. The van der Waals surface area contributed by atoms with Gasteiger partial charge in [0.1, 0.15) is 23.8 Å². The Labute approximate surface area is 419 Å². The molecule has 8 heterocycles. The van der Waals surface area contributed by atoms with Crippen LogP contribution in [-0.4, -0.2) is 154 Å². The van der Waals surface area contributed by atoms with E-state index in [1.165, 1.54) is 6.07 Å². The normalized spacial score (nSPS) is 19.1. The van der Waals surface area contributed by atoms with Gasteiger partial charge in [-0.2, -0.15) is 10.2 Å². The molecule has 72 heavy (non-hydrogen) atoms. The fourth-order valence-corrected chi connectivity index (χ4v) is 11.4. The van der Waals surface area contributed by atoms with E-state index in [1.54, 1.807) is 60.6 Å². The SMILES string of the molecule is CNC(=O)N1CCc2c(c(N3CCCc4cc(-c5cnn(C)c5)c(C(F)F)cc43)nn2C2CCN(CC(=O)NCCCCN3CCN(c4cc(N[C@@H]5CCCN(c6cccc(F)c6)C5)ncn4)CC3)CC2)C1. The zero-order chi connectivity index (χ0) is 49.7. The van der Waals surface area contributed by atoms with Crippen LogP contribution in [0.5, 0.6) is 0 Å². The van der Waals surface area contributed by atoms with Crippen molar-refractivity contribution in [3.63, 3.8) is 0 Å². The molecule has 10 rings (SSSR count). The molecule has 3 N–H and O–H groups in total. The Kier molecular flexibility index (Phi) is 15.1. The van der Waals surface area contributed by atoms with Crippen LogP contribution >= 0.6 is 0 Å². The number of carbonyl (C=O) groups excluding carboxylic acids is 2. The lowest BCUT2D eigenvalue weighted by Gasteiger charge is -2.36. The van der Waals surface area contributed by atoms with Crippen molar-refractivity contribution in [2.24, 2.45) is 7.05 Å². The number of carbonyl (C=O) groups is 2. The highest BCUT2D eigenvalue weighted by atomic mass is 19.3. The van der Waals surface area contributed by atoms with Crippen LogP contribution in [-0.2, 0) is 31.2 Å². The number of alkyl halides is 2. The Morgan fingerprint density at radius 2 is 1.72 bits per heavy atom. The number of aromatic nitrogens is 6. The van der Waals surface area contributed by atoms with Gasteiger partial charge in [-0.05, 0) is 99.4 Å². The average molecular weight is 992 g/mol. The van der Waals surface area contributed by atoms with Crippen molar-refractivity contribution in [1.82, 2.24) is 54.9 Å². The molecule has 0 bridgehead atoms. The zero-order valence-electron chi connectivity index (χ0n) is 41.6. The third-order valence-electron chi connectivity index (χ3n) is 15.2. The number of hydrogen-bond acceptors (Lipinski definition) is 12. The van der Waals surface area contributed by atoms with Gasteiger partial charge in [-0.1, -0.05) is 6.07 Å².